The molecule has 2 heterocycles. The summed E-state index contributed by atoms with van der Waals surface area (Å²) in [5.41, 5.74) is 0.406. The molecule has 1 aromatic rings. The average molecular weight is 299 g/mol. The molecule has 1 aliphatic heterocycles. The maximum absolute atomic E-state index is 11.7. The Morgan fingerprint density at radius 1 is 1.60 bits per heavy atom. The van der Waals surface area contributed by atoms with E-state index in [9.17, 15) is 9.90 Å². The lowest BCUT2D eigenvalue weighted by atomic mass is 10.0. The van der Waals surface area contributed by atoms with E-state index < -0.39 is 11.7 Å². The van der Waals surface area contributed by atoms with Crippen molar-refractivity contribution in [1.29, 1.82) is 0 Å². The molecule has 1 aromatic heterocycles. The van der Waals surface area contributed by atoms with Crippen molar-refractivity contribution in [3.05, 3.63) is 10.6 Å². The highest BCUT2D eigenvalue weighted by atomic mass is 32.1. The number of nitrogens with one attached hydrogen (secondary N) is 2. The zero-order valence-corrected chi connectivity index (χ0v) is 13.0. The SMILES string of the molecule is C[C@@H]1N[C@H](CO)Cc2nc(NC(=O)OC(C)(C)C)sc21. The number of aliphatic hydroxyl groups excluding tert-OH is 1. The number of fused-ring (bicyclic) bond motifs is 1. The summed E-state index contributed by atoms with van der Waals surface area (Å²) in [7, 11) is 0. The van der Waals surface area contributed by atoms with Gasteiger partial charge in [-0.2, -0.15) is 0 Å². The van der Waals surface area contributed by atoms with E-state index in [0.717, 1.165) is 10.6 Å². The van der Waals surface area contributed by atoms with Crippen LogP contribution in [0.25, 0.3) is 0 Å². The summed E-state index contributed by atoms with van der Waals surface area (Å²) in [6.45, 7) is 7.55. The molecular weight excluding hydrogens is 278 g/mol. The second-order valence-electron chi connectivity index (χ2n) is 5.93. The third kappa shape index (κ3) is 3.68. The van der Waals surface area contributed by atoms with E-state index in [4.69, 9.17) is 4.74 Å². The number of nitrogens with zero attached hydrogens (tertiary/aromatic N) is 1. The Kier molecular flexibility index (Phi) is 4.31. The topological polar surface area (TPSA) is 83.5 Å². The number of aliphatic hydroxyl groups is 1. The summed E-state index contributed by atoms with van der Waals surface area (Å²) in [5.74, 6) is 0. The zero-order valence-electron chi connectivity index (χ0n) is 12.2. The van der Waals surface area contributed by atoms with Crippen LogP contribution in [0.5, 0.6) is 0 Å². The van der Waals surface area contributed by atoms with Crippen molar-refractivity contribution >= 4 is 22.6 Å². The van der Waals surface area contributed by atoms with Crippen LogP contribution in [0.4, 0.5) is 9.93 Å². The van der Waals surface area contributed by atoms with E-state index in [0.29, 0.717) is 11.6 Å². The van der Waals surface area contributed by atoms with Crippen molar-refractivity contribution in [3.8, 4) is 0 Å². The number of ether oxygens (including phenoxy) is 1. The molecule has 0 bridgehead atoms. The summed E-state index contributed by atoms with van der Waals surface area (Å²) in [4.78, 5) is 17.2. The van der Waals surface area contributed by atoms with Crippen molar-refractivity contribution in [2.45, 2.75) is 51.8 Å². The predicted molar refractivity (Wildman–Crippen MR) is 78.1 cm³/mol. The van der Waals surface area contributed by atoms with Crippen LogP contribution >= 0.6 is 11.3 Å². The summed E-state index contributed by atoms with van der Waals surface area (Å²) in [6, 6.07) is 0.150. The Hall–Kier alpha value is -1.18. The van der Waals surface area contributed by atoms with Crippen molar-refractivity contribution in [2.75, 3.05) is 11.9 Å². The summed E-state index contributed by atoms with van der Waals surface area (Å²) in [5, 5.41) is 15.7. The van der Waals surface area contributed by atoms with Gasteiger partial charge in [0, 0.05) is 23.4 Å². The number of carbonyl (C=O) groups is 1. The lowest BCUT2D eigenvalue weighted by Gasteiger charge is -2.26. The molecule has 0 radical (unpaired) electrons. The van der Waals surface area contributed by atoms with Gasteiger partial charge in [-0.3, -0.25) is 5.32 Å². The van der Waals surface area contributed by atoms with Crippen LogP contribution in [-0.4, -0.2) is 34.4 Å². The van der Waals surface area contributed by atoms with Crippen LogP contribution in [0.3, 0.4) is 0 Å². The maximum atomic E-state index is 11.7. The molecular formula is C13H21N3O3S. The van der Waals surface area contributed by atoms with E-state index in [1.54, 1.807) is 0 Å². The van der Waals surface area contributed by atoms with Gasteiger partial charge >= 0.3 is 6.09 Å². The van der Waals surface area contributed by atoms with E-state index in [-0.39, 0.29) is 18.7 Å². The van der Waals surface area contributed by atoms with Gasteiger partial charge in [0.15, 0.2) is 5.13 Å². The molecule has 1 aliphatic rings. The molecule has 0 saturated heterocycles. The predicted octanol–water partition coefficient (Wildman–Crippen LogP) is 2.06. The maximum Gasteiger partial charge on any atom is 0.413 e. The van der Waals surface area contributed by atoms with Gasteiger partial charge in [0.25, 0.3) is 0 Å². The van der Waals surface area contributed by atoms with Gasteiger partial charge in [-0.25, -0.2) is 9.78 Å². The Morgan fingerprint density at radius 3 is 2.90 bits per heavy atom. The highest BCUT2D eigenvalue weighted by molar-refractivity contribution is 7.16. The minimum absolute atomic E-state index is 0.0222. The van der Waals surface area contributed by atoms with Crippen molar-refractivity contribution < 1.29 is 14.6 Å². The number of thiazole rings is 1. The van der Waals surface area contributed by atoms with Crippen LogP contribution in [-0.2, 0) is 11.2 Å². The summed E-state index contributed by atoms with van der Waals surface area (Å²) in [6.07, 6.45) is 0.172. The second-order valence-corrected chi connectivity index (χ2v) is 6.96. The molecule has 0 fully saturated rings. The number of aromatic nitrogens is 1. The van der Waals surface area contributed by atoms with Gasteiger partial charge in [0.1, 0.15) is 5.60 Å². The average Bonchev–Trinajstić information content (AvgIpc) is 2.69. The van der Waals surface area contributed by atoms with E-state index in [2.05, 4.69) is 15.6 Å². The van der Waals surface area contributed by atoms with Crippen molar-refractivity contribution in [2.24, 2.45) is 0 Å². The van der Waals surface area contributed by atoms with Gasteiger partial charge in [-0.05, 0) is 27.7 Å². The summed E-state index contributed by atoms with van der Waals surface area (Å²) >= 11 is 1.44. The molecule has 20 heavy (non-hydrogen) atoms. The first-order valence-electron chi connectivity index (χ1n) is 6.65. The summed E-state index contributed by atoms with van der Waals surface area (Å²) < 4.78 is 5.20. The Bertz CT molecular complexity index is 496. The Morgan fingerprint density at radius 2 is 2.30 bits per heavy atom. The largest absolute Gasteiger partial charge is 0.444 e. The fourth-order valence-electron chi connectivity index (χ4n) is 2.13. The van der Waals surface area contributed by atoms with Gasteiger partial charge < -0.3 is 15.2 Å². The number of amides is 1. The molecule has 112 valence electrons. The molecule has 0 unspecified atom stereocenters. The van der Waals surface area contributed by atoms with Crippen molar-refractivity contribution in [3.63, 3.8) is 0 Å². The van der Waals surface area contributed by atoms with Crippen LogP contribution in [0.2, 0.25) is 0 Å². The Labute approximate surface area is 122 Å². The third-order valence-corrected chi connectivity index (χ3v) is 4.07. The van der Waals surface area contributed by atoms with Gasteiger partial charge in [-0.15, -0.1) is 0 Å². The smallest absolute Gasteiger partial charge is 0.413 e. The highest BCUT2D eigenvalue weighted by Gasteiger charge is 2.27. The van der Waals surface area contributed by atoms with Crippen LogP contribution in [0.1, 0.15) is 44.3 Å². The molecule has 6 nitrogen and oxygen atoms in total. The molecule has 3 N–H and O–H groups in total. The molecule has 7 heteroatoms. The molecule has 0 spiro atoms. The fourth-order valence-corrected chi connectivity index (χ4v) is 3.12. The number of hydrogen-bond donors (Lipinski definition) is 3. The Balaban J connectivity index is 2.07. The van der Waals surface area contributed by atoms with E-state index >= 15 is 0 Å². The molecule has 1 amide bonds. The standard InChI is InChI=1S/C13H21N3O3S/c1-7-10-9(5-8(6-17)14-7)15-11(20-10)16-12(18)19-13(2,3)4/h7-8,14,17H,5-6H2,1-4H3,(H,15,16,18)/t7-,8-/m0/s1. The molecule has 0 saturated carbocycles. The number of rotatable bonds is 2. The first-order valence-corrected chi connectivity index (χ1v) is 7.46. The first-order chi connectivity index (χ1) is 9.28. The monoisotopic (exact) mass is 299 g/mol. The van der Waals surface area contributed by atoms with Gasteiger partial charge in [0.2, 0.25) is 0 Å². The zero-order chi connectivity index (χ0) is 14.9. The van der Waals surface area contributed by atoms with Crippen LogP contribution in [0.15, 0.2) is 0 Å². The number of hydrogen-bond acceptors (Lipinski definition) is 6. The minimum atomic E-state index is -0.530. The lowest BCUT2D eigenvalue weighted by molar-refractivity contribution is 0.0636. The fraction of sp³-hybridized carbons (Fsp3) is 0.692. The molecule has 0 aromatic carbocycles. The first kappa shape index (κ1) is 15.2. The van der Waals surface area contributed by atoms with Crippen LogP contribution < -0.4 is 10.6 Å². The quantitative estimate of drug-likeness (QED) is 0.778. The second kappa shape index (κ2) is 5.67. The van der Waals surface area contributed by atoms with Gasteiger partial charge in [-0.1, -0.05) is 11.3 Å². The van der Waals surface area contributed by atoms with Gasteiger partial charge in [0.05, 0.1) is 12.3 Å². The molecule has 2 atom stereocenters. The van der Waals surface area contributed by atoms with E-state index in [1.165, 1.54) is 11.3 Å². The van der Waals surface area contributed by atoms with E-state index in [1.807, 2.05) is 27.7 Å². The van der Waals surface area contributed by atoms with Crippen LogP contribution in [0, 0.1) is 0 Å². The highest BCUT2D eigenvalue weighted by Crippen LogP contribution is 2.33. The third-order valence-electron chi connectivity index (χ3n) is 2.87. The number of carbonyl (C=O) groups excluding carboxylic acids is 1. The lowest BCUT2D eigenvalue weighted by Crippen LogP contribution is -2.40. The normalized spacial score (nSPS) is 22.2. The number of anilines is 1. The van der Waals surface area contributed by atoms with Crippen molar-refractivity contribution in [1.82, 2.24) is 10.3 Å². The molecule has 2 rings (SSSR count). The minimum Gasteiger partial charge on any atom is -0.444 e. The molecule has 0 aliphatic carbocycles.